The summed E-state index contributed by atoms with van der Waals surface area (Å²) in [5, 5.41) is 0.697. The van der Waals surface area contributed by atoms with Gasteiger partial charge in [0.25, 0.3) is 0 Å². The van der Waals surface area contributed by atoms with Gasteiger partial charge in [-0.3, -0.25) is 9.69 Å². The maximum atomic E-state index is 12.4. The van der Waals surface area contributed by atoms with Crippen LogP contribution in [0.3, 0.4) is 0 Å². The minimum absolute atomic E-state index is 0.0614. The lowest BCUT2D eigenvalue weighted by atomic mass is 9.98. The van der Waals surface area contributed by atoms with Gasteiger partial charge in [0.15, 0.2) is 5.78 Å². The number of carbonyl (C=O) groups excluding carboxylic acids is 1. The molecular formula is C27H32N2O5. The van der Waals surface area contributed by atoms with Gasteiger partial charge in [-0.2, -0.15) is 0 Å². The van der Waals surface area contributed by atoms with Gasteiger partial charge in [-0.25, -0.2) is 4.79 Å². The molecule has 7 heteroatoms. The van der Waals surface area contributed by atoms with E-state index in [1.807, 2.05) is 26.0 Å². The van der Waals surface area contributed by atoms with Crippen LogP contribution in [0, 0.1) is 13.8 Å². The minimum Gasteiger partial charge on any atom is -0.497 e. The summed E-state index contributed by atoms with van der Waals surface area (Å²) in [5.74, 6) is 1.33. The number of carbonyl (C=O) groups is 1. The number of hydrogen-bond acceptors (Lipinski definition) is 7. The molecule has 1 aliphatic heterocycles. The maximum absolute atomic E-state index is 12.4. The van der Waals surface area contributed by atoms with Crippen molar-refractivity contribution in [1.82, 2.24) is 4.90 Å². The molecule has 0 aliphatic carbocycles. The van der Waals surface area contributed by atoms with Crippen molar-refractivity contribution >= 4 is 22.4 Å². The first-order valence-electron chi connectivity index (χ1n) is 11.7. The highest BCUT2D eigenvalue weighted by Gasteiger charge is 2.21. The van der Waals surface area contributed by atoms with Crippen LogP contribution in [0.4, 0.5) is 5.69 Å². The summed E-state index contributed by atoms with van der Waals surface area (Å²) < 4.78 is 16.9. The average molecular weight is 465 g/mol. The van der Waals surface area contributed by atoms with Crippen molar-refractivity contribution in [3.05, 3.63) is 63.5 Å². The number of anilines is 1. The second kappa shape index (κ2) is 10.3. The summed E-state index contributed by atoms with van der Waals surface area (Å²) in [5.41, 5.74) is 3.29. The lowest BCUT2D eigenvalue weighted by Crippen LogP contribution is -2.46. The average Bonchev–Trinajstić information content (AvgIpc) is 2.81. The van der Waals surface area contributed by atoms with Crippen molar-refractivity contribution in [3.63, 3.8) is 0 Å². The molecule has 0 saturated carbocycles. The predicted octanol–water partition coefficient (Wildman–Crippen LogP) is 4.21. The molecule has 2 heterocycles. The molecular weight excluding hydrogens is 432 g/mol. The zero-order chi connectivity index (χ0) is 24.2. The molecule has 1 fully saturated rings. The quantitative estimate of drug-likeness (QED) is 0.281. The van der Waals surface area contributed by atoms with Gasteiger partial charge in [0.05, 0.1) is 24.7 Å². The predicted molar refractivity (Wildman–Crippen MR) is 134 cm³/mol. The SMILES string of the molecule is COc1cccc(N2CCN(CCCOc3c(C(C)=O)c(C)cc4oc(=O)cc(C)c34)CC2)c1. The van der Waals surface area contributed by atoms with Gasteiger partial charge in [0, 0.05) is 50.5 Å². The lowest BCUT2D eigenvalue weighted by Gasteiger charge is -2.36. The Morgan fingerprint density at radius 1 is 1.06 bits per heavy atom. The Morgan fingerprint density at radius 3 is 2.53 bits per heavy atom. The number of piperazine rings is 1. The number of aryl methyl sites for hydroxylation is 2. The van der Waals surface area contributed by atoms with Crippen LogP contribution in [-0.4, -0.2) is 57.1 Å². The summed E-state index contributed by atoms with van der Waals surface area (Å²) in [6, 6.07) is 11.4. The van der Waals surface area contributed by atoms with Crippen LogP contribution in [0.5, 0.6) is 11.5 Å². The van der Waals surface area contributed by atoms with Crippen molar-refractivity contribution < 1.29 is 18.7 Å². The standard InChI is InChI=1S/C27H32N2O5/c1-18-15-23-26(19(2)16-24(31)34-23)27(25(18)20(3)30)33-14-6-9-28-10-12-29(13-11-28)21-7-5-8-22(17-21)32-4/h5,7-8,15-17H,6,9-14H2,1-4H3. The monoisotopic (exact) mass is 464 g/mol. The van der Waals surface area contributed by atoms with E-state index in [0.29, 0.717) is 28.9 Å². The van der Waals surface area contributed by atoms with Gasteiger partial charge >= 0.3 is 5.63 Å². The number of rotatable bonds is 8. The summed E-state index contributed by atoms with van der Waals surface area (Å²) in [4.78, 5) is 29.0. The van der Waals surface area contributed by atoms with Crippen molar-refractivity contribution in [3.8, 4) is 11.5 Å². The van der Waals surface area contributed by atoms with E-state index < -0.39 is 5.63 Å². The Balaban J connectivity index is 1.38. The Morgan fingerprint density at radius 2 is 1.82 bits per heavy atom. The molecule has 180 valence electrons. The van der Waals surface area contributed by atoms with E-state index in [0.717, 1.165) is 56.0 Å². The number of Topliss-reactive ketones (excluding diaryl/α,β-unsaturated/α-hetero) is 1. The minimum atomic E-state index is -0.404. The van der Waals surface area contributed by atoms with Gasteiger partial charge < -0.3 is 18.8 Å². The van der Waals surface area contributed by atoms with Crippen LogP contribution in [0.2, 0.25) is 0 Å². The number of benzene rings is 2. The normalized spacial score (nSPS) is 14.4. The molecule has 1 aromatic heterocycles. The molecule has 0 bridgehead atoms. The van der Waals surface area contributed by atoms with E-state index in [4.69, 9.17) is 13.9 Å². The molecule has 0 N–H and O–H groups in total. The van der Waals surface area contributed by atoms with Crippen LogP contribution in [0.1, 0.15) is 34.8 Å². The van der Waals surface area contributed by atoms with Crippen LogP contribution >= 0.6 is 0 Å². The Hall–Kier alpha value is -3.32. The fraction of sp³-hybridized carbons (Fsp3) is 0.407. The van der Waals surface area contributed by atoms with Crippen LogP contribution in [-0.2, 0) is 0 Å². The number of fused-ring (bicyclic) bond motifs is 1. The lowest BCUT2D eigenvalue weighted by molar-refractivity contribution is 0.101. The molecule has 0 atom stereocenters. The first-order valence-corrected chi connectivity index (χ1v) is 11.7. The third-order valence-corrected chi connectivity index (χ3v) is 6.39. The van der Waals surface area contributed by atoms with Gasteiger partial charge in [0.2, 0.25) is 0 Å². The first-order chi connectivity index (χ1) is 16.4. The molecule has 1 aliphatic rings. The smallest absolute Gasteiger partial charge is 0.336 e. The third kappa shape index (κ3) is 5.09. The topological polar surface area (TPSA) is 72.2 Å². The highest BCUT2D eigenvalue weighted by atomic mass is 16.5. The third-order valence-electron chi connectivity index (χ3n) is 6.39. The number of hydrogen-bond donors (Lipinski definition) is 0. The highest BCUT2D eigenvalue weighted by molar-refractivity contribution is 6.04. The molecule has 34 heavy (non-hydrogen) atoms. The van der Waals surface area contributed by atoms with Crippen molar-refractivity contribution in [2.24, 2.45) is 0 Å². The summed E-state index contributed by atoms with van der Waals surface area (Å²) in [6.45, 7) is 10.5. The number of ether oxygens (including phenoxy) is 2. The molecule has 1 saturated heterocycles. The number of ketones is 1. The maximum Gasteiger partial charge on any atom is 0.336 e. The van der Waals surface area contributed by atoms with Crippen molar-refractivity contribution in [2.45, 2.75) is 27.2 Å². The van der Waals surface area contributed by atoms with E-state index >= 15 is 0 Å². The van der Waals surface area contributed by atoms with Crippen molar-refractivity contribution in [1.29, 1.82) is 0 Å². The Kier molecular flexibility index (Phi) is 7.22. The van der Waals surface area contributed by atoms with Crippen LogP contribution in [0.25, 0.3) is 11.0 Å². The highest BCUT2D eigenvalue weighted by Crippen LogP contribution is 2.34. The fourth-order valence-electron chi connectivity index (χ4n) is 4.68. The van der Waals surface area contributed by atoms with E-state index in [2.05, 4.69) is 21.9 Å². The number of nitrogens with zero attached hydrogens (tertiary/aromatic N) is 2. The molecule has 0 amide bonds. The summed E-state index contributed by atoms with van der Waals surface area (Å²) in [7, 11) is 1.69. The molecule has 0 spiro atoms. The Labute approximate surface area is 199 Å². The van der Waals surface area contributed by atoms with Crippen LogP contribution in [0.15, 0.2) is 45.6 Å². The fourth-order valence-corrected chi connectivity index (χ4v) is 4.68. The zero-order valence-corrected chi connectivity index (χ0v) is 20.3. The van der Waals surface area contributed by atoms with Gasteiger partial charge in [-0.15, -0.1) is 0 Å². The molecule has 0 radical (unpaired) electrons. The van der Waals surface area contributed by atoms with E-state index in [1.165, 1.54) is 18.7 Å². The molecule has 4 rings (SSSR count). The largest absolute Gasteiger partial charge is 0.497 e. The van der Waals surface area contributed by atoms with Gasteiger partial charge in [0.1, 0.15) is 17.1 Å². The Bertz CT molecular complexity index is 1240. The summed E-state index contributed by atoms with van der Waals surface area (Å²) in [6.07, 6.45) is 0.835. The van der Waals surface area contributed by atoms with E-state index in [9.17, 15) is 9.59 Å². The van der Waals surface area contributed by atoms with Gasteiger partial charge in [-0.1, -0.05) is 6.07 Å². The number of methoxy groups -OCH3 is 1. The molecule has 3 aromatic rings. The summed E-state index contributed by atoms with van der Waals surface area (Å²) >= 11 is 0. The van der Waals surface area contributed by atoms with Crippen LogP contribution < -0.4 is 20.0 Å². The molecule has 0 unspecified atom stereocenters. The van der Waals surface area contributed by atoms with E-state index in [1.54, 1.807) is 13.2 Å². The van der Waals surface area contributed by atoms with Crippen molar-refractivity contribution in [2.75, 3.05) is 51.3 Å². The molecule has 2 aromatic carbocycles. The molecule has 7 nitrogen and oxygen atoms in total. The first kappa shape index (κ1) is 23.8. The second-order valence-corrected chi connectivity index (χ2v) is 8.81. The second-order valence-electron chi connectivity index (χ2n) is 8.81. The zero-order valence-electron chi connectivity index (χ0n) is 20.3. The van der Waals surface area contributed by atoms with Gasteiger partial charge in [-0.05, 0) is 56.5 Å². The van der Waals surface area contributed by atoms with E-state index in [-0.39, 0.29) is 5.78 Å².